The van der Waals surface area contributed by atoms with Gasteiger partial charge in [0.1, 0.15) is 13.2 Å². The highest BCUT2D eigenvalue weighted by Crippen LogP contribution is 2.33. The van der Waals surface area contributed by atoms with E-state index in [4.69, 9.17) is 9.47 Å². The van der Waals surface area contributed by atoms with Crippen LogP contribution < -0.4 is 19.1 Å². The molecule has 1 atom stereocenters. The highest BCUT2D eigenvalue weighted by molar-refractivity contribution is 7.92. The van der Waals surface area contributed by atoms with Crippen molar-refractivity contribution in [1.29, 1.82) is 0 Å². The molecule has 1 aliphatic heterocycles. The van der Waals surface area contributed by atoms with Gasteiger partial charge >= 0.3 is 0 Å². The molecule has 3 aromatic rings. The highest BCUT2D eigenvalue weighted by atomic mass is 32.2. The molecule has 1 heterocycles. The lowest BCUT2D eigenvalue weighted by Crippen LogP contribution is -2.33. The summed E-state index contributed by atoms with van der Waals surface area (Å²) in [6, 6.07) is 21.2. The Bertz CT molecular complexity index is 1240. The van der Waals surface area contributed by atoms with E-state index in [2.05, 4.69) is 5.32 Å². The van der Waals surface area contributed by atoms with Gasteiger partial charge in [-0.1, -0.05) is 48.5 Å². The molecule has 0 fully saturated rings. The van der Waals surface area contributed by atoms with E-state index in [0.29, 0.717) is 30.4 Å². The number of ether oxygens (including phenoxy) is 2. The van der Waals surface area contributed by atoms with Gasteiger partial charge in [0.25, 0.3) is 5.91 Å². The van der Waals surface area contributed by atoms with Crippen molar-refractivity contribution in [3.63, 3.8) is 0 Å². The van der Waals surface area contributed by atoms with Crippen molar-refractivity contribution in [1.82, 2.24) is 5.32 Å². The average Bonchev–Trinajstić information content (AvgIpc) is 2.82. The molecule has 7 nitrogen and oxygen atoms in total. The summed E-state index contributed by atoms with van der Waals surface area (Å²) in [6.07, 6.45) is 1.14. The van der Waals surface area contributed by atoms with Gasteiger partial charge in [-0.15, -0.1) is 0 Å². The van der Waals surface area contributed by atoms with E-state index in [1.807, 2.05) is 55.5 Å². The van der Waals surface area contributed by atoms with E-state index in [1.165, 1.54) is 4.31 Å². The molecule has 0 unspecified atom stereocenters. The number of benzene rings is 3. The summed E-state index contributed by atoms with van der Waals surface area (Å²) in [6.45, 7) is 2.98. The second kappa shape index (κ2) is 9.54. The van der Waals surface area contributed by atoms with E-state index < -0.39 is 10.0 Å². The first-order valence-electron chi connectivity index (χ1n) is 10.6. The van der Waals surface area contributed by atoms with Crippen molar-refractivity contribution in [2.75, 3.05) is 23.8 Å². The number of fused-ring (bicyclic) bond motifs is 1. The Morgan fingerprint density at radius 1 is 0.970 bits per heavy atom. The second-order valence-electron chi connectivity index (χ2n) is 7.87. The lowest BCUT2D eigenvalue weighted by atomic mass is 10.1. The van der Waals surface area contributed by atoms with Crippen LogP contribution in [0.5, 0.6) is 11.5 Å². The van der Waals surface area contributed by atoms with Crippen LogP contribution >= 0.6 is 0 Å². The molecule has 0 bridgehead atoms. The van der Waals surface area contributed by atoms with E-state index in [0.717, 1.165) is 17.4 Å². The summed E-state index contributed by atoms with van der Waals surface area (Å²) in [4.78, 5) is 13.2. The summed E-state index contributed by atoms with van der Waals surface area (Å²) in [5.74, 6) is 0.958. The molecule has 0 spiro atoms. The fourth-order valence-electron chi connectivity index (χ4n) is 3.70. The maximum Gasteiger partial charge on any atom is 0.253 e. The topological polar surface area (TPSA) is 84.9 Å². The Hall–Kier alpha value is -3.52. The summed E-state index contributed by atoms with van der Waals surface area (Å²) >= 11 is 0. The van der Waals surface area contributed by atoms with Crippen molar-refractivity contribution in [3.05, 3.63) is 89.5 Å². The van der Waals surface area contributed by atoms with Crippen LogP contribution in [0.1, 0.15) is 34.5 Å². The third-order valence-corrected chi connectivity index (χ3v) is 6.53. The van der Waals surface area contributed by atoms with E-state index in [-0.39, 0.29) is 24.1 Å². The monoisotopic (exact) mass is 466 g/mol. The standard InChI is InChI=1S/C25H26N2O5S/c1-18(20-12-13-23-24(16-20)32-15-14-31-23)26-25(28)21-10-6-7-11-22(21)27(33(2,29)30)17-19-8-4-3-5-9-19/h3-13,16,18H,14-15,17H2,1-2H3,(H,26,28)/t18-/m1/s1. The number of nitrogens with zero attached hydrogens (tertiary/aromatic N) is 1. The zero-order valence-corrected chi connectivity index (χ0v) is 19.3. The van der Waals surface area contributed by atoms with Gasteiger partial charge in [0.15, 0.2) is 11.5 Å². The number of amides is 1. The van der Waals surface area contributed by atoms with Crippen LogP contribution in [0.3, 0.4) is 0 Å². The molecule has 33 heavy (non-hydrogen) atoms. The summed E-state index contributed by atoms with van der Waals surface area (Å²) in [7, 11) is -3.64. The number of carbonyl (C=O) groups is 1. The van der Waals surface area contributed by atoms with Crippen LogP contribution in [0.25, 0.3) is 0 Å². The van der Waals surface area contributed by atoms with Gasteiger partial charge in [-0.2, -0.15) is 0 Å². The lowest BCUT2D eigenvalue weighted by Gasteiger charge is -2.25. The van der Waals surface area contributed by atoms with Crippen molar-refractivity contribution >= 4 is 21.6 Å². The fraction of sp³-hybridized carbons (Fsp3) is 0.240. The highest BCUT2D eigenvalue weighted by Gasteiger charge is 2.24. The van der Waals surface area contributed by atoms with Crippen LogP contribution in [0.15, 0.2) is 72.8 Å². The second-order valence-corrected chi connectivity index (χ2v) is 9.78. The molecule has 1 aliphatic rings. The maximum atomic E-state index is 13.2. The van der Waals surface area contributed by atoms with Gasteiger partial charge < -0.3 is 14.8 Å². The number of rotatable bonds is 7. The zero-order chi connectivity index (χ0) is 23.4. The molecule has 4 rings (SSSR count). The molecule has 1 N–H and O–H groups in total. The maximum absolute atomic E-state index is 13.2. The van der Waals surface area contributed by atoms with Crippen molar-refractivity contribution in [2.24, 2.45) is 0 Å². The zero-order valence-electron chi connectivity index (χ0n) is 18.5. The number of anilines is 1. The van der Waals surface area contributed by atoms with E-state index >= 15 is 0 Å². The molecule has 0 saturated heterocycles. The minimum Gasteiger partial charge on any atom is -0.486 e. The van der Waals surface area contributed by atoms with Gasteiger partial charge in [-0.05, 0) is 42.3 Å². The first-order chi connectivity index (χ1) is 15.8. The minimum atomic E-state index is -3.64. The van der Waals surface area contributed by atoms with Crippen molar-refractivity contribution in [3.8, 4) is 11.5 Å². The van der Waals surface area contributed by atoms with Crippen molar-refractivity contribution in [2.45, 2.75) is 19.5 Å². The number of carbonyl (C=O) groups excluding carboxylic acids is 1. The molecule has 3 aromatic carbocycles. The Kier molecular flexibility index (Phi) is 6.55. The van der Waals surface area contributed by atoms with E-state index in [1.54, 1.807) is 24.3 Å². The third-order valence-electron chi connectivity index (χ3n) is 5.40. The number of hydrogen-bond donors (Lipinski definition) is 1. The van der Waals surface area contributed by atoms with Gasteiger partial charge in [0, 0.05) is 0 Å². The van der Waals surface area contributed by atoms with E-state index in [9.17, 15) is 13.2 Å². The number of hydrogen-bond acceptors (Lipinski definition) is 5. The Balaban J connectivity index is 1.60. The molecular weight excluding hydrogens is 440 g/mol. The number of nitrogens with one attached hydrogen (secondary N) is 1. The number of sulfonamides is 1. The van der Waals surface area contributed by atoms with Gasteiger partial charge in [-0.25, -0.2) is 8.42 Å². The summed E-state index contributed by atoms with van der Waals surface area (Å²) in [5, 5.41) is 2.97. The smallest absolute Gasteiger partial charge is 0.253 e. The molecular formula is C25H26N2O5S. The Morgan fingerprint density at radius 2 is 1.64 bits per heavy atom. The predicted octanol–water partition coefficient (Wildman–Crippen LogP) is 3.92. The SMILES string of the molecule is C[C@@H](NC(=O)c1ccccc1N(Cc1ccccc1)S(C)(=O)=O)c1ccc2c(c1)OCCO2. The first-order valence-corrected chi connectivity index (χ1v) is 12.5. The molecule has 1 amide bonds. The minimum absolute atomic E-state index is 0.127. The molecule has 0 aliphatic carbocycles. The fourth-order valence-corrected chi connectivity index (χ4v) is 4.60. The molecule has 8 heteroatoms. The normalized spacial score (nSPS) is 13.8. The quantitative estimate of drug-likeness (QED) is 0.571. The summed E-state index contributed by atoms with van der Waals surface area (Å²) in [5.41, 5.74) is 2.29. The van der Waals surface area contributed by atoms with Gasteiger partial charge in [0.2, 0.25) is 10.0 Å². The van der Waals surface area contributed by atoms with Crippen molar-refractivity contribution < 1.29 is 22.7 Å². The first kappa shape index (κ1) is 22.7. The predicted molar refractivity (Wildman–Crippen MR) is 127 cm³/mol. The van der Waals surface area contributed by atoms with Gasteiger partial charge in [0.05, 0.1) is 30.1 Å². The lowest BCUT2D eigenvalue weighted by molar-refractivity contribution is 0.0940. The molecule has 0 radical (unpaired) electrons. The van der Waals surface area contributed by atoms with Crippen LogP contribution in [0, 0.1) is 0 Å². The van der Waals surface area contributed by atoms with Crippen LogP contribution in [-0.4, -0.2) is 33.8 Å². The Labute approximate surface area is 194 Å². The number of para-hydroxylation sites is 1. The molecule has 0 aromatic heterocycles. The largest absolute Gasteiger partial charge is 0.486 e. The average molecular weight is 467 g/mol. The third kappa shape index (κ3) is 5.28. The van der Waals surface area contributed by atoms with Crippen LogP contribution in [-0.2, 0) is 16.6 Å². The van der Waals surface area contributed by atoms with Crippen LogP contribution in [0.2, 0.25) is 0 Å². The molecule has 0 saturated carbocycles. The Morgan fingerprint density at radius 3 is 2.36 bits per heavy atom. The van der Waals surface area contributed by atoms with Gasteiger partial charge in [-0.3, -0.25) is 9.10 Å². The summed E-state index contributed by atoms with van der Waals surface area (Å²) < 4.78 is 37.8. The molecule has 172 valence electrons. The van der Waals surface area contributed by atoms with Crippen LogP contribution in [0.4, 0.5) is 5.69 Å².